The van der Waals surface area contributed by atoms with Crippen LogP contribution in [0.1, 0.15) is 79.9 Å². The maximum absolute atomic E-state index is 12.6. The van der Waals surface area contributed by atoms with Gasteiger partial charge in [-0.25, -0.2) is 4.39 Å². The molecule has 0 spiro atoms. The number of hydrogen-bond acceptors (Lipinski definition) is 5. The molecular weight excluding hydrogens is 469 g/mol. The molecule has 0 saturated carbocycles. The number of nitrogens with zero attached hydrogens (tertiary/aromatic N) is 1. The quantitative estimate of drug-likeness (QED) is 0.339. The minimum atomic E-state index is -0.467. The number of rotatable bonds is 12. The summed E-state index contributed by atoms with van der Waals surface area (Å²) in [6.45, 7) is 13.3. The van der Waals surface area contributed by atoms with Crippen molar-refractivity contribution in [1.29, 1.82) is 0 Å². The fraction of sp³-hybridized carbons (Fsp3) is 0.581. The third-order valence-corrected chi connectivity index (χ3v) is 6.71. The molecular formula is C31H46FNO4. The number of halogens is 1. The summed E-state index contributed by atoms with van der Waals surface area (Å²) in [5, 5.41) is 10.4. The zero-order valence-corrected chi connectivity index (χ0v) is 23.4. The van der Waals surface area contributed by atoms with Crippen molar-refractivity contribution in [3.63, 3.8) is 0 Å². The van der Waals surface area contributed by atoms with E-state index >= 15 is 0 Å². The molecule has 0 amide bonds. The lowest BCUT2D eigenvalue weighted by Crippen LogP contribution is -2.33. The van der Waals surface area contributed by atoms with Crippen LogP contribution >= 0.6 is 0 Å². The number of likely N-dealkylation sites (tertiary alicyclic amines) is 1. The highest BCUT2D eigenvalue weighted by Gasteiger charge is 2.21. The third-order valence-electron chi connectivity index (χ3n) is 6.71. The summed E-state index contributed by atoms with van der Waals surface area (Å²) in [7, 11) is 0. The number of benzene rings is 2. The van der Waals surface area contributed by atoms with Crippen LogP contribution in [-0.2, 0) is 20.7 Å². The molecule has 2 aromatic rings. The van der Waals surface area contributed by atoms with E-state index in [1.807, 2.05) is 26.0 Å². The largest absolute Gasteiger partial charge is 0.466 e. The Morgan fingerprint density at radius 1 is 1.08 bits per heavy atom. The molecule has 3 rings (SSSR count). The van der Waals surface area contributed by atoms with Crippen molar-refractivity contribution in [2.24, 2.45) is 0 Å². The van der Waals surface area contributed by atoms with E-state index in [0.29, 0.717) is 38.2 Å². The highest BCUT2D eigenvalue weighted by Crippen LogP contribution is 2.29. The maximum atomic E-state index is 12.6. The van der Waals surface area contributed by atoms with E-state index in [9.17, 15) is 14.3 Å². The minimum Gasteiger partial charge on any atom is -0.466 e. The fourth-order valence-corrected chi connectivity index (χ4v) is 4.66. The molecule has 0 radical (unpaired) electrons. The second kappa shape index (κ2) is 16.5. The van der Waals surface area contributed by atoms with Crippen molar-refractivity contribution in [2.45, 2.75) is 85.4 Å². The summed E-state index contributed by atoms with van der Waals surface area (Å²) in [5.74, 6) is -0.277. The average molecular weight is 516 g/mol. The van der Waals surface area contributed by atoms with Crippen LogP contribution in [0.4, 0.5) is 4.39 Å². The van der Waals surface area contributed by atoms with Gasteiger partial charge in [-0.1, -0.05) is 43.7 Å². The van der Waals surface area contributed by atoms with Gasteiger partial charge in [-0.05, 0) is 100 Å². The van der Waals surface area contributed by atoms with Crippen molar-refractivity contribution < 1.29 is 23.8 Å². The Kier molecular flexibility index (Phi) is 13.8. The Morgan fingerprint density at radius 3 is 2.43 bits per heavy atom. The van der Waals surface area contributed by atoms with Gasteiger partial charge in [0.2, 0.25) is 0 Å². The molecule has 0 bridgehead atoms. The molecule has 1 fully saturated rings. The van der Waals surface area contributed by atoms with Crippen LogP contribution in [0.3, 0.4) is 0 Å². The van der Waals surface area contributed by atoms with Crippen LogP contribution in [0.2, 0.25) is 0 Å². The van der Waals surface area contributed by atoms with Gasteiger partial charge in [-0.2, -0.15) is 0 Å². The molecule has 1 saturated heterocycles. The van der Waals surface area contributed by atoms with Crippen LogP contribution in [-0.4, -0.2) is 54.9 Å². The smallest absolute Gasteiger partial charge is 0.306 e. The van der Waals surface area contributed by atoms with Crippen LogP contribution in [0.25, 0.3) is 0 Å². The van der Waals surface area contributed by atoms with Gasteiger partial charge in [0.15, 0.2) is 0 Å². The number of carbonyl (C=O) groups excluding carboxylic acids is 1. The Morgan fingerprint density at radius 2 is 1.81 bits per heavy atom. The molecule has 1 heterocycles. The van der Waals surface area contributed by atoms with Crippen LogP contribution in [0, 0.1) is 26.6 Å². The normalized spacial score (nSPS) is 15.1. The lowest BCUT2D eigenvalue weighted by molar-refractivity contribution is -0.143. The SMILES string of the molecule is CCCC(OCC(O)CN1CCCC1)c1cccc(C)c1CCC(=O)OCC.Cc1ccc(C)c(F)c1. The van der Waals surface area contributed by atoms with Crippen molar-refractivity contribution in [2.75, 3.05) is 32.8 Å². The Labute approximate surface area is 223 Å². The molecule has 2 unspecified atom stereocenters. The summed E-state index contributed by atoms with van der Waals surface area (Å²) in [6, 6.07) is 11.4. The van der Waals surface area contributed by atoms with Gasteiger partial charge in [0.05, 0.1) is 25.4 Å². The predicted molar refractivity (Wildman–Crippen MR) is 147 cm³/mol. The first-order chi connectivity index (χ1) is 17.7. The van der Waals surface area contributed by atoms with Crippen molar-refractivity contribution in [3.05, 3.63) is 70.0 Å². The standard InChI is InChI=1S/C23H37NO4.C8H9F/c1-4-9-22(28-17-19(25)16-24-14-6-7-15-24)21-11-8-10-18(3)20(21)12-13-23(26)27-5-2;1-6-3-4-7(2)8(9)5-6/h8,10-11,19,22,25H,4-7,9,12-17H2,1-3H3;3-5H,1-2H3. The number of carbonyl (C=O) groups is 1. The van der Waals surface area contributed by atoms with Crippen molar-refractivity contribution in [1.82, 2.24) is 4.90 Å². The molecule has 1 aliphatic rings. The number of ether oxygens (including phenoxy) is 2. The van der Waals surface area contributed by atoms with Gasteiger partial charge in [-0.3, -0.25) is 4.79 Å². The first-order valence-corrected chi connectivity index (χ1v) is 13.7. The van der Waals surface area contributed by atoms with Gasteiger partial charge in [0.1, 0.15) is 5.82 Å². The number of aliphatic hydroxyl groups excluding tert-OH is 1. The number of hydrogen-bond donors (Lipinski definition) is 1. The molecule has 0 aliphatic carbocycles. The second-order valence-electron chi connectivity index (χ2n) is 9.97. The van der Waals surface area contributed by atoms with E-state index in [1.54, 1.807) is 13.0 Å². The molecule has 2 atom stereocenters. The number of β-amino-alcohol motifs (C(OH)–C–C–N with tert-alkyl or cyclic N) is 1. The number of esters is 1. The first kappa shape index (κ1) is 30.9. The lowest BCUT2D eigenvalue weighted by Gasteiger charge is -2.25. The monoisotopic (exact) mass is 515 g/mol. The molecule has 1 N–H and O–H groups in total. The van der Waals surface area contributed by atoms with E-state index in [1.165, 1.54) is 30.0 Å². The van der Waals surface area contributed by atoms with Gasteiger partial charge in [-0.15, -0.1) is 0 Å². The molecule has 0 aromatic heterocycles. The van der Waals surface area contributed by atoms with Crippen LogP contribution in [0.5, 0.6) is 0 Å². The number of aliphatic hydroxyl groups is 1. The van der Waals surface area contributed by atoms with Gasteiger partial charge in [0.25, 0.3) is 0 Å². The lowest BCUT2D eigenvalue weighted by atomic mass is 9.92. The topological polar surface area (TPSA) is 59.0 Å². The van der Waals surface area contributed by atoms with Crippen LogP contribution in [0.15, 0.2) is 36.4 Å². The summed E-state index contributed by atoms with van der Waals surface area (Å²) in [5.41, 5.74) is 5.16. The third kappa shape index (κ3) is 10.9. The molecule has 37 heavy (non-hydrogen) atoms. The summed E-state index contributed by atoms with van der Waals surface area (Å²) in [4.78, 5) is 14.1. The molecule has 2 aromatic carbocycles. The average Bonchev–Trinajstić information content (AvgIpc) is 3.37. The summed E-state index contributed by atoms with van der Waals surface area (Å²) < 4.78 is 23.9. The summed E-state index contributed by atoms with van der Waals surface area (Å²) in [6.07, 6.45) is 4.84. The van der Waals surface area contributed by atoms with Crippen molar-refractivity contribution in [3.8, 4) is 0 Å². The molecule has 5 nitrogen and oxygen atoms in total. The maximum Gasteiger partial charge on any atom is 0.306 e. The van der Waals surface area contributed by atoms with Gasteiger partial charge < -0.3 is 19.5 Å². The van der Waals surface area contributed by atoms with E-state index in [0.717, 1.165) is 37.1 Å². The Bertz CT molecular complexity index is 958. The van der Waals surface area contributed by atoms with E-state index in [-0.39, 0.29) is 17.9 Å². The highest BCUT2D eigenvalue weighted by molar-refractivity contribution is 5.69. The zero-order chi connectivity index (χ0) is 27.2. The zero-order valence-electron chi connectivity index (χ0n) is 23.4. The second-order valence-corrected chi connectivity index (χ2v) is 9.97. The Balaban J connectivity index is 0.000000449. The first-order valence-electron chi connectivity index (χ1n) is 13.7. The molecule has 6 heteroatoms. The molecule has 206 valence electrons. The van der Waals surface area contributed by atoms with Gasteiger partial charge in [0, 0.05) is 13.0 Å². The Hall–Kier alpha value is -2.28. The minimum absolute atomic E-state index is 0.0599. The van der Waals surface area contributed by atoms with Gasteiger partial charge >= 0.3 is 5.97 Å². The van der Waals surface area contributed by atoms with Crippen LogP contribution < -0.4 is 0 Å². The van der Waals surface area contributed by atoms with E-state index in [2.05, 4.69) is 30.9 Å². The summed E-state index contributed by atoms with van der Waals surface area (Å²) >= 11 is 0. The highest BCUT2D eigenvalue weighted by atomic mass is 19.1. The predicted octanol–water partition coefficient (Wildman–Crippen LogP) is 6.25. The van der Waals surface area contributed by atoms with Crippen molar-refractivity contribution >= 4 is 5.97 Å². The van der Waals surface area contributed by atoms with E-state index < -0.39 is 6.10 Å². The fourth-order valence-electron chi connectivity index (χ4n) is 4.66. The molecule has 1 aliphatic heterocycles. The number of aryl methyl sites for hydroxylation is 3. The van der Waals surface area contributed by atoms with E-state index in [4.69, 9.17) is 9.47 Å².